The fourth-order valence-corrected chi connectivity index (χ4v) is 1.12. The van der Waals surface area contributed by atoms with Gasteiger partial charge in [0.2, 0.25) is 0 Å². The van der Waals surface area contributed by atoms with Crippen molar-refractivity contribution < 1.29 is 14.3 Å². The zero-order valence-corrected chi connectivity index (χ0v) is 9.27. The molecule has 1 aromatic carbocycles. The quantitative estimate of drug-likeness (QED) is 0.725. The number of hydrogen-bond acceptors (Lipinski definition) is 4. The minimum atomic E-state index is -0.442. The lowest BCUT2D eigenvalue weighted by molar-refractivity contribution is -0.149. The van der Waals surface area contributed by atoms with Crippen LogP contribution in [0.25, 0.3) is 0 Å². The minimum absolute atomic E-state index is 0.165. The van der Waals surface area contributed by atoms with Crippen LogP contribution in [0, 0.1) is 11.3 Å². The van der Waals surface area contributed by atoms with Gasteiger partial charge in [-0.25, -0.2) is 4.79 Å². The Hall–Kier alpha value is -2.02. The first kappa shape index (κ1) is 12.1. The van der Waals surface area contributed by atoms with E-state index in [1.165, 1.54) is 0 Å². The molecule has 84 valence electrons. The Kier molecular flexibility index (Phi) is 4.34. The molecule has 0 aliphatic carbocycles. The maximum Gasteiger partial charge on any atom is 0.344 e. The van der Waals surface area contributed by atoms with E-state index in [-0.39, 0.29) is 12.7 Å². The van der Waals surface area contributed by atoms with Crippen molar-refractivity contribution in [3.63, 3.8) is 0 Å². The summed E-state index contributed by atoms with van der Waals surface area (Å²) in [6, 6.07) is 8.73. The second-order valence-electron chi connectivity index (χ2n) is 3.44. The standard InChI is InChI=1S/C12H13NO3/c1-9(2)16-12(14)8-15-11-6-4-3-5-10(11)7-13/h3-6,9H,8H2,1-2H3. The number of rotatable bonds is 4. The molecule has 4 nitrogen and oxygen atoms in total. The lowest BCUT2D eigenvalue weighted by Gasteiger charge is -2.09. The summed E-state index contributed by atoms with van der Waals surface area (Å²) in [5.41, 5.74) is 0.403. The van der Waals surface area contributed by atoms with Crippen molar-refractivity contribution in [2.45, 2.75) is 20.0 Å². The lowest BCUT2D eigenvalue weighted by Crippen LogP contribution is -2.18. The van der Waals surface area contributed by atoms with Gasteiger partial charge in [-0.05, 0) is 26.0 Å². The summed E-state index contributed by atoms with van der Waals surface area (Å²) in [5.74, 6) is -0.0477. The highest BCUT2D eigenvalue weighted by molar-refractivity contribution is 5.71. The third-order valence-electron chi connectivity index (χ3n) is 1.72. The number of carbonyl (C=O) groups is 1. The Balaban J connectivity index is 2.55. The zero-order chi connectivity index (χ0) is 12.0. The first-order valence-corrected chi connectivity index (χ1v) is 4.95. The molecule has 0 aliphatic heterocycles. The van der Waals surface area contributed by atoms with Crippen LogP contribution in [0.4, 0.5) is 0 Å². The molecule has 0 amide bonds. The van der Waals surface area contributed by atoms with E-state index in [4.69, 9.17) is 14.7 Å². The highest BCUT2D eigenvalue weighted by atomic mass is 16.6. The smallest absolute Gasteiger partial charge is 0.344 e. The maximum atomic E-state index is 11.2. The van der Waals surface area contributed by atoms with Crippen LogP contribution >= 0.6 is 0 Å². The third kappa shape index (κ3) is 3.62. The molecule has 16 heavy (non-hydrogen) atoms. The van der Waals surface area contributed by atoms with Crippen LogP contribution in [0.1, 0.15) is 19.4 Å². The average molecular weight is 219 g/mol. The SMILES string of the molecule is CC(C)OC(=O)COc1ccccc1C#N. The van der Waals surface area contributed by atoms with Gasteiger partial charge in [0.05, 0.1) is 11.7 Å². The summed E-state index contributed by atoms with van der Waals surface area (Å²) in [6.07, 6.45) is -0.165. The highest BCUT2D eigenvalue weighted by Crippen LogP contribution is 2.16. The van der Waals surface area contributed by atoms with E-state index < -0.39 is 5.97 Å². The largest absolute Gasteiger partial charge is 0.481 e. The first-order valence-electron chi connectivity index (χ1n) is 4.95. The molecular formula is C12H13NO3. The molecule has 0 atom stereocenters. The number of ether oxygens (including phenoxy) is 2. The number of nitriles is 1. The van der Waals surface area contributed by atoms with E-state index in [2.05, 4.69) is 0 Å². The Bertz CT molecular complexity index is 407. The van der Waals surface area contributed by atoms with Crippen molar-refractivity contribution in [2.24, 2.45) is 0 Å². The number of para-hydroxylation sites is 1. The van der Waals surface area contributed by atoms with Gasteiger partial charge in [-0.2, -0.15) is 5.26 Å². The monoisotopic (exact) mass is 219 g/mol. The highest BCUT2D eigenvalue weighted by Gasteiger charge is 2.08. The predicted molar refractivity (Wildman–Crippen MR) is 57.9 cm³/mol. The van der Waals surface area contributed by atoms with Gasteiger partial charge in [0.15, 0.2) is 6.61 Å². The van der Waals surface area contributed by atoms with Crippen molar-refractivity contribution in [3.05, 3.63) is 29.8 Å². The van der Waals surface area contributed by atoms with E-state index in [0.717, 1.165) is 0 Å². The van der Waals surface area contributed by atoms with Crippen LogP contribution in [-0.4, -0.2) is 18.7 Å². The van der Waals surface area contributed by atoms with Gasteiger partial charge in [-0.1, -0.05) is 12.1 Å². The van der Waals surface area contributed by atoms with Gasteiger partial charge >= 0.3 is 5.97 Å². The molecule has 0 radical (unpaired) electrons. The molecule has 0 saturated heterocycles. The Morgan fingerprint density at radius 2 is 2.12 bits per heavy atom. The van der Waals surface area contributed by atoms with Crippen LogP contribution < -0.4 is 4.74 Å². The fraction of sp³-hybridized carbons (Fsp3) is 0.333. The van der Waals surface area contributed by atoms with Crippen LogP contribution in [0.3, 0.4) is 0 Å². The Morgan fingerprint density at radius 3 is 2.75 bits per heavy atom. The van der Waals surface area contributed by atoms with Crippen molar-refractivity contribution in [3.8, 4) is 11.8 Å². The van der Waals surface area contributed by atoms with Gasteiger partial charge in [0, 0.05) is 0 Å². The molecule has 0 spiro atoms. The second kappa shape index (κ2) is 5.76. The molecule has 0 aromatic heterocycles. The van der Waals surface area contributed by atoms with E-state index in [1.807, 2.05) is 6.07 Å². The first-order chi connectivity index (χ1) is 7.63. The van der Waals surface area contributed by atoms with Crippen molar-refractivity contribution >= 4 is 5.97 Å². The molecular weight excluding hydrogens is 206 g/mol. The molecule has 0 aliphatic rings. The molecule has 4 heteroatoms. The molecule has 0 unspecified atom stereocenters. The normalized spacial score (nSPS) is 9.62. The Morgan fingerprint density at radius 1 is 1.44 bits per heavy atom. The number of hydrogen-bond donors (Lipinski definition) is 0. The van der Waals surface area contributed by atoms with Crippen molar-refractivity contribution in [1.82, 2.24) is 0 Å². The van der Waals surface area contributed by atoms with E-state index in [1.54, 1.807) is 38.1 Å². The summed E-state index contributed by atoms with van der Waals surface area (Å²) < 4.78 is 10.1. The average Bonchev–Trinajstić information content (AvgIpc) is 2.26. The second-order valence-corrected chi connectivity index (χ2v) is 3.44. The molecule has 0 bridgehead atoms. The van der Waals surface area contributed by atoms with Crippen LogP contribution in [0.2, 0.25) is 0 Å². The van der Waals surface area contributed by atoms with Gasteiger partial charge in [0.1, 0.15) is 11.8 Å². The molecule has 0 saturated carbocycles. The van der Waals surface area contributed by atoms with E-state index in [9.17, 15) is 4.79 Å². The predicted octanol–water partition coefficient (Wildman–Crippen LogP) is 1.89. The summed E-state index contributed by atoms with van der Waals surface area (Å²) in [6.45, 7) is 3.35. The lowest BCUT2D eigenvalue weighted by atomic mass is 10.2. The number of nitrogens with zero attached hydrogens (tertiary/aromatic N) is 1. The minimum Gasteiger partial charge on any atom is -0.481 e. The van der Waals surface area contributed by atoms with Gasteiger partial charge < -0.3 is 9.47 Å². The van der Waals surface area contributed by atoms with E-state index >= 15 is 0 Å². The molecule has 0 heterocycles. The van der Waals surface area contributed by atoms with Gasteiger partial charge in [0.25, 0.3) is 0 Å². The summed E-state index contributed by atoms with van der Waals surface area (Å²) in [5, 5.41) is 8.78. The summed E-state index contributed by atoms with van der Waals surface area (Å²) >= 11 is 0. The number of benzene rings is 1. The van der Waals surface area contributed by atoms with E-state index in [0.29, 0.717) is 11.3 Å². The van der Waals surface area contributed by atoms with Crippen molar-refractivity contribution in [1.29, 1.82) is 5.26 Å². The van der Waals surface area contributed by atoms with Crippen LogP contribution in [-0.2, 0) is 9.53 Å². The molecule has 1 aromatic rings. The fourth-order valence-electron chi connectivity index (χ4n) is 1.12. The summed E-state index contributed by atoms with van der Waals surface area (Å²) in [7, 11) is 0. The van der Waals surface area contributed by atoms with Crippen LogP contribution in [0.5, 0.6) is 5.75 Å². The molecule has 0 fully saturated rings. The van der Waals surface area contributed by atoms with Gasteiger partial charge in [-0.3, -0.25) is 0 Å². The van der Waals surface area contributed by atoms with Crippen molar-refractivity contribution in [2.75, 3.05) is 6.61 Å². The number of esters is 1. The zero-order valence-electron chi connectivity index (χ0n) is 9.27. The number of carbonyl (C=O) groups excluding carboxylic acids is 1. The summed E-state index contributed by atoms with van der Waals surface area (Å²) in [4.78, 5) is 11.2. The Labute approximate surface area is 94.4 Å². The molecule has 1 rings (SSSR count). The van der Waals surface area contributed by atoms with Gasteiger partial charge in [-0.15, -0.1) is 0 Å². The third-order valence-corrected chi connectivity index (χ3v) is 1.72. The maximum absolute atomic E-state index is 11.2. The molecule has 0 N–H and O–H groups in total. The topological polar surface area (TPSA) is 59.3 Å². The van der Waals surface area contributed by atoms with Crippen LogP contribution in [0.15, 0.2) is 24.3 Å².